The van der Waals surface area contributed by atoms with E-state index in [4.69, 9.17) is 0 Å². The molecule has 1 heterocycles. The van der Waals surface area contributed by atoms with Gasteiger partial charge in [-0.2, -0.15) is 0 Å². The van der Waals surface area contributed by atoms with Gasteiger partial charge in [-0.15, -0.1) is 11.8 Å². The average molecular weight is 276 g/mol. The van der Waals surface area contributed by atoms with Crippen molar-refractivity contribution >= 4 is 23.4 Å². The average Bonchev–Trinajstić information content (AvgIpc) is 2.92. The number of fused-ring (bicyclic) bond motifs is 1. The van der Waals surface area contributed by atoms with Crippen molar-refractivity contribution in [2.75, 3.05) is 24.2 Å². The number of nitrogens with zero attached hydrogens (tertiary/aromatic N) is 1. The molecule has 0 aromatic heterocycles. The molecule has 19 heavy (non-hydrogen) atoms. The normalized spacial score (nSPS) is 19.3. The zero-order valence-corrected chi connectivity index (χ0v) is 12.1. The number of hydrogen-bond donors (Lipinski definition) is 1. The minimum absolute atomic E-state index is 0.0821. The van der Waals surface area contributed by atoms with Crippen molar-refractivity contribution in [3.63, 3.8) is 0 Å². The van der Waals surface area contributed by atoms with Gasteiger partial charge in [-0.1, -0.05) is 12.8 Å². The maximum Gasteiger partial charge on any atom is 0.251 e. The predicted molar refractivity (Wildman–Crippen MR) is 80.2 cm³/mol. The van der Waals surface area contributed by atoms with E-state index in [-0.39, 0.29) is 5.91 Å². The maximum absolute atomic E-state index is 12.3. The highest BCUT2D eigenvalue weighted by molar-refractivity contribution is 7.99. The van der Waals surface area contributed by atoms with Crippen LogP contribution in [0, 0.1) is 0 Å². The molecule has 102 valence electrons. The molecule has 2 aliphatic rings. The summed E-state index contributed by atoms with van der Waals surface area (Å²) in [5, 5.41) is 3.15. The highest BCUT2D eigenvalue weighted by Gasteiger charge is 2.20. The van der Waals surface area contributed by atoms with E-state index in [0.29, 0.717) is 6.04 Å². The van der Waals surface area contributed by atoms with E-state index < -0.39 is 0 Å². The lowest BCUT2D eigenvalue weighted by molar-refractivity contribution is 0.0938. The van der Waals surface area contributed by atoms with Gasteiger partial charge in [0, 0.05) is 35.8 Å². The van der Waals surface area contributed by atoms with Gasteiger partial charge in [0.05, 0.1) is 5.69 Å². The van der Waals surface area contributed by atoms with Crippen LogP contribution in [-0.2, 0) is 0 Å². The van der Waals surface area contributed by atoms with Gasteiger partial charge in [-0.3, -0.25) is 4.79 Å². The fourth-order valence-corrected chi connectivity index (χ4v) is 3.94. The maximum atomic E-state index is 12.3. The minimum atomic E-state index is 0.0821. The van der Waals surface area contributed by atoms with Gasteiger partial charge in [-0.25, -0.2) is 0 Å². The summed E-state index contributed by atoms with van der Waals surface area (Å²) in [6, 6.07) is 6.45. The molecule has 1 aromatic carbocycles. The van der Waals surface area contributed by atoms with Crippen LogP contribution in [0.25, 0.3) is 0 Å². The fraction of sp³-hybridized carbons (Fsp3) is 0.533. The Morgan fingerprint density at radius 2 is 2.16 bits per heavy atom. The molecule has 0 saturated heterocycles. The molecule has 1 saturated carbocycles. The third kappa shape index (κ3) is 2.73. The van der Waals surface area contributed by atoms with Crippen LogP contribution in [0.4, 0.5) is 5.69 Å². The van der Waals surface area contributed by atoms with Crippen molar-refractivity contribution < 1.29 is 4.79 Å². The zero-order chi connectivity index (χ0) is 13.2. The molecule has 1 aliphatic carbocycles. The standard InChI is InChI=1S/C15H20N2OS/c1-17-8-9-19-14-7-6-11(10-13(14)17)15(18)16-12-4-2-3-5-12/h6-7,10,12H,2-5,8-9H2,1H3,(H,16,18). The molecule has 1 N–H and O–H groups in total. The number of carbonyl (C=O) groups excluding carboxylic acids is 1. The topological polar surface area (TPSA) is 32.3 Å². The Labute approximate surface area is 118 Å². The van der Waals surface area contributed by atoms with Gasteiger partial charge >= 0.3 is 0 Å². The third-order valence-electron chi connectivity index (χ3n) is 4.01. The van der Waals surface area contributed by atoms with Crippen LogP contribution in [0.3, 0.4) is 0 Å². The molecule has 1 fully saturated rings. The summed E-state index contributed by atoms with van der Waals surface area (Å²) in [4.78, 5) is 15.8. The first-order valence-corrected chi connectivity index (χ1v) is 8.01. The summed E-state index contributed by atoms with van der Waals surface area (Å²) in [5.74, 6) is 1.20. The molecule has 1 aliphatic heterocycles. The molecule has 0 spiro atoms. The molecule has 1 aromatic rings. The Balaban J connectivity index is 1.77. The van der Waals surface area contributed by atoms with Gasteiger partial charge < -0.3 is 10.2 Å². The van der Waals surface area contributed by atoms with E-state index in [9.17, 15) is 4.79 Å². The van der Waals surface area contributed by atoms with Crippen molar-refractivity contribution in [1.82, 2.24) is 5.32 Å². The largest absolute Gasteiger partial charge is 0.373 e. The van der Waals surface area contributed by atoms with Gasteiger partial charge in [0.25, 0.3) is 5.91 Å². The first-order valence-electron chi connectivity index (χ1n) is 7.03. The molecular formula is C15H20N2OS. The van der Waals surface area contributed by atoms with E-state index in [1.807, 2.05) is 23.9 Å². The molecule has 0 radical (unpaired) electrons. The van der Waals surface area contributed by atoms with Gasteiger partial charge in [0.2, 0.25) is 0 Å². The Bertz CT molecular complexity index is 483. The molecular weight excluding hydrogens is 256 g/mol. The Morgan fingerprint density at radius 1 is 1.37 bits per heavy atom. The predicted octanol–water partition coefficient (Wildman–Crippen LogP) is 2.90. The minimum Gasteiger partial charge on any atom is -0.373 e. The Hall–Kier alpha value is -1.16. The molecule has 1 amide bonds. The van der Waals surface area contributed by atoms with Crippen molar-refractivity contribution in [3.05, 3.63) is 23.8 Å². The zero-order valence-electron chi connectivity index (χ0n) is 11.3. The number of thioether (sulfide) groups is 1. The van der Waals surface area contributed by atoms with Crippen molar-refractivity contribution in [2.45, 2.75) is 36.6 Å². The van der Waals surface area contributed by atoms with E-state index in [1.165, 1.54) is 23.4 Å². The first-order chi connectivity index (χ1) is 9.24. The lowest BCUT2D eigenvalue weighted by Crippen LogP contribution is -2.33. The number of amides is 1. The fourth-order valence-electron chi connectivity index (χ4n) is 2.83. The van der Waals surface area contributed by atoms with Gasteiger partial charge in [0.15, 0.2) is 0 Å². The smallest absolute Gasteiger partial charge is 0.251 e. The SMILES string of the molecule is CN1CCSc2ccc(C(=O)NC3CCCC3)cc21. The second kappa shape index (κ2) is 5.45. The summed E-state index contributed by atoms with van der Waals surface area (Å²) in [7, 11) is 2.09. The van der Waals surface area contributed by atoms with E-state index in [1.54, 1.807) is 0 Å². The van der Waals surface area contributed by atoms with Crippen LogP contribution in [0.5, 0.6) is 0 Å². The second-order valence-electron chi connectivity index (χ2n) is 5.41. The quantitative estimate of drug-likeness (QED) is 0.901. The molecule has 3 nitrogen and oxygen atoms in total. The van der Waals surface area contributed by atoms with Crippen LogP contribution in [0.2, 0.25) is 0 Å². The second-order valence-corrected chi connectivity index (χ2v) is 6.54. The van der Waals surface area contributed by atoms with Gasteiger partial charge in [0.1, 0.15) is 0 Å². The monoisotopic (exact) mass is 276 g/mol. The molecule has 4 heteroatoms. The summed E-state index contributed by atoms with van der Waals surface area (Å²) < 4.78 is 0. The summed E-state index contributed by atoms with van der Waals surface area (Å²) in [6.07, 6.45) is 4.75. The lowest BCUT2D eigenvalue weighted by atomic mass is 10.1. The summed E-state index contributed by atoms with van der Waals surface area (Å²) in [6.45, 7) is 1.05. The number of rotatable bonds is 2. The van der Waals surface area contributed by atoms with Crippen molar-refractivity contribution in [3.8, 4) is 0 Å². The van der Waals surface area contributed by atoms with Crippen molar-refractivity contribution in [2.24, 2.45) is 0 Å². The van der Waals surface area contributed by atoms with E-state index >= 15 is 0 Å². The van der Waals surface area contributed by atoms with Crippen LogP contribution in [-0.4, -0.2) is 31.3 Å². The Morgan fingerprint density at radius 3 is 2.95 bits per heavy atom. The van der Waals surface area contributed by atoms with Crippen molar-refractivity contribution in [1.29, 1.82) is 0 Å². The van der Waals surface area contributed by atoms with Crippen LogP contribution in [0.15, 0.2) is 23.1 Å². The van der Waals surface area contributed by atoms with Crippen LogP contribution >= 0.6 is 11.8 Å². The third-order valence-corrected chi connectivity index (χ3v) is 5.05. The first kappa shape index (κ1) is 12.9. The molecule has 0 unspecified atom stereocenters. The summed E-state index contributed by atoms with van der Waals surface area (Å²) >= 11 is 1.87. The molecule has 3 rings (SSSR count). The van der Waals surface area contributed by atoms with Crippen LogP contribution < -0.4 is 10.2 Å². The van der Waals surface area contributed by atoms with Gasteiger partial charge in [-0.05, 0) is 31.0 Å². The number of anilines is 1. The number of carbonyl (C=O) groups is 1. The Kier molecular flexibility index (Phi) is 3.69. The lowest BCUT2D eigenvalue weighted by Gasteiger charge is -2.27. The van der Waals surface area contributed by atoms with E-state index in [2.05, 4.69) is 23.3 Å². The number of benzene rings is 1. The molecule has 0 atom stereocenters. The molecule has 0 bridgehead atoms. The van der Waals surface area contributed by atoms with Crippen LogP contribution in [0.1, 0.15) is 36.0 Å². The highest BCUT2D eigenvalue weighted by atomic mass is 32.2. The highest BCUT2D eigenvalue weighted by Crippen LogP contribution is 2.34. The number of hydrogen-bond acceptors (Lipinski definition) is 3. The van der Waals surface area contributed by atoms with E-state index in [0.717, 1.165) is 30.7 Å². The number of nitrogens with one attached hydrogen (secondary N) is 1. The summed E-state index contributed by atoms with van der Waals surface area (Å²) in [5.41, 5.74) is 1.98.